The first-order valence-electron chi connectivity index (χ1n) is 9.19. The molecule has 0 aliphatic heterocycles. The monoisotopic (exact) mass is 290 g/mol. The van der Waals surface area contributed by atoms with Crippen LogP contribution in [0.2, 0.25) is 0 Å². The number of fused-ring (bicyclic) bond motifs is 2. The van der Waals surface area contributed by atoms with Gasteiger partial charge in [-0.05, 0) is 80.5 Å². The second-order valence-corrected chi connectivity index (χ2v) is 5.33. The Bertz CT molecular complexity index is 386. The summed E-state index contributed by atoms with van der Waals surface area (Å²) in [6, 6.07) is 2.49. The topological polar surface area (TPSA) is 9.23 Å². The third kappa shape index (κ3) is 4.25. The summed E-state index contributed by atoms with van der Waals surface area (Å²) < 4.78 is 6.00. The van der Waals surface area contributed by atoms with Gasteiger partial charge in [-0.3, -0.25) is 0 Å². The lowest BCUT2D eigenvalue weighted by Gasteiger charge is -2.27. The Morgan fingerprint density at radius 3 is 1.62 bits per heavy atom. The Morgan fingerprint density at radius 1 is 0.762 bits per heavy atom. The molecule has 0 fully saturated rings. The van der Waals surface area contributed by atoms with E-state index in [4.69, 9.17) is 4.74 Å². The Kier molecular flexibility index (Phi) is 8.49. The number of benzene rings is 1. The first-order chi connectivity index (χ1) is 10.4. The molecule has 120 valence electrons. The van der Waals surface area contributed by atoms with Gasteiger partial charge in [0, 0.05) is 0 Å². The fraction of sp³-hybridized carbons (Fsp3) is 0.700. The highest BCUT2D eigenvalue weighted by atomic mass is 16.5. The molecule has 1 nitrogen and oxygen atoms in total. The minimum absolute atomic E-state index is 0.808. The summed E-state index contributed by atoms with van der Waals surface area (Å²) in [6.45, 7) is 10.9. The minimum atomic E-state index is 0.808. The van der Waals surface area contributed by atoms with Gasteiger partial charge in [-0.1, -0.05) is 33.8 Å². The van der Waals surface area contributed by atoms with Crippen LogP contribution in [0, 0.1) is 0 Å². The highest BCUT2D eigenvalue weighted by Gasteiger charge is 2.22. The molecule has 1 aromatic rings. The van der Waals surface area contributed by atoms with E-state index in [2.05, 4.69) is 13.0 Å². The molecule has 0 unspecified atom stereocenters. The van der Waals surface area contributed by atoms with Crippen molar-refractivity contribution in [1.82, 2.24) is 0 Å². The van der Waals surface area contributed by atoms with E-state index in [1.807, 2.05) is 27.7 Å². The molecule has 0 radical (unpaired) electrons. The van der Waals surface area contributed by atoms with Gasteiger partial charge in [0.05, 0.1) is 6.61 Å². The molecule has 2 aliphatic carbocycles. The molecule has 2 aliphatic rings. The van der Waals surface area contributed by atoms with Crippen molar-refractivity contribution < 1.29 is 4.74 Å². The predicted molar refractivity (Wildman–Crippen MR) is 93.6 cm³/mol. The molecule has 3 rings (SSSR count). The highest BCUT2D eigenvalue weighted by molar-refractivity contribution is 5.52. The van der Waals surface area contributed by atoms with Crippen molar-refractivity contribution in [2.75, 3.05) is 6.61 Å². The molecular weight excluding hydrogens is 256 g/mol. The molecule has 0 saturated carbocycles. The summed E-state index contributed by atoms with van der Waals surface area (Å²) in [5.41, 5.74) is 6.25. The van der Waals surface area contributed by atoms with Gasteiger partial charge in [-0.2, -0.15) is 0 Å². The molecule has 0 heterocycles. The number of hydrogen-bond donors (Lipinski definition) is 0. The zero-order valence-corrected chi connectivity index (χ0v) is 14.8. The number of aryl methyl sites for hydroxylation is 2. The Labute approximate surface area is 132 Å². The van der Waals surface area contributed by atoms with Crippen molar-refractivity contribution in [3.8, 4) is 5.75 Å². The van der Waals surface area contributed by atoms with Crippen LogP contribution >= 0.6 is 0 Å². The fourth-order valence-electron chi connectivity index (χ4n) is 3.41. The van der Waals surface area contributed by atoms with Crippen molar-refractivity contribution in [1.29, 1.82) is 0 Å². The summed E-state index contributed by atoms with van der Waals surface area (Å²) in [4.78, 5) is 0. The fourth-order valence-corrected chi connectivity index (χ4v) is 3.41. The molecule has 0 amide bonds. The van der Waals surface area contributed by atoms with Crippen LogP contribution in [-0.4, -0.2) is 6.61 Å². The van der Waals surface area contributed by atoms with Crippen LogP contribution in [0.3, 0.4) is 0 Å². The Hall–Kier alpha value is -0.980. The summed E-state index contributed by atoms with van der Waals surface area (Å²) in [5, 5.41) is 0. The number of hydrogen-bond acceptors (Lipinski definition) is 1. The lowest BCUT2D eigenvalue weighted by atomic mass is 9.82. The van der Waals surface area contributed by atoms with Gasteiger partial charge in [0.1, 0.15) is 5.75 Å². The van der Waals surface area contributed by atoms with Crippen molar-refractivity contribution in [3.05, 3.63) is 28.3 Å². The van der Waals surface area contributed by atoms with E-state index in [9.17, 15) is 0 Å². The highest BCUT2D eigenvalue weighted by Crippen LogP contribution is 2.38. The van der Waals surface area contributed by atoms with Gasteiger partial charge in [0.25, 0.3) is 0 Å². The zero-order valence-electron chi connectivity index (χ0n) is 14.8. The van der Waals surface area contributed by atoms with Crippen molar-refractivity contribution in [2.45, 2.75) is 86.0 Å². The van der Waals surface area contributed by atoms with E-state index >= 15 is 0 Å². The molecule has 1 aromatic carbocycles. The van der Waals surface area contributed by atoms with Crippen LogP contribution in [0.5, 0.6) is 5.75 Å². The molecular formula is C20H34O. The largest absolute Gasteiger partial charge is 0.493 e. The molecule has 21 heavy (non-hydrogen) atoms. The zero-order chi connectivity index (χ0) is 15.7. The molecule has 0 bridgehead atoms. The lowest BCUT2D eigenvalue weighted by molar-refractivity contribution is 0.328. The van der Waals surface area contributed by atoms with Crippen molar-refractivity contribution in [2.24, 2.45) is 0 Å². The Morgan fingerprint density at radius 2 is 1.19 bits per heavy atom. The molecule has 0 spiro atoms. The maximum Gasteiger partial charge on any atom is 0.126 e. The maximum absolute atomic E-state index is 6.00. The second-order valence-electron chi connectivity index (χ2n) is 5.33. The van der Waals surface area contributed by atoms with Crippen molar-refractivity contribution in [3.63, 3.8) is 0 Å². The maximum atomic E-state index is 6.00. The van der Waals surface area contributed by atoms with E-state index < -0.39 is 0 Å². The average molecular weight is 290 g/mol. The van der Waals surface area contributed by atoms with Gasteiger partial charge in [-0.15, -0.1) is 0 Å². The minimum Gasteiger partial charge on any atom is -0.493 e. The Balaban J connectivity index is 0.000000510. The third-order valence-corrected chi connectivity index (χ3v) is 4.21. The predicted octanol–water partition coefficient (Wildman–Crippen LogP) is 5.90. The number of ether oxygens (including phenoxy) is 1. The third-order valence-electron chi connectivity index (χ3n) is 4.21. The van der Waals surface area contributed by atoms with E-state index in [1.165, 1.54) is 57.1 Å². The summed E-state index contributed by atoms with van der Waals surface area (Å²) in [6.07, 6.45) is 10.4. The number of rotatable bonds is 2. The second kappa shape index (κ2) is 9.87. The molecule has 0 aromatic heterocycles. The van der Waals surface area contributed by atoms with E-state index in [0.29, 0.717) is 0 Å². The van der Waals surface area contributed by atoms with Crippen molar-refractivity contribution >= 4 is 0 Å². The van der Waals surface area contributed by atoms with Gasteiger partial charge in [-0.25, -0.2) is 0 Å². The van der Waals surface area contributed by atoms with Crippen LogP contribution in [0.4, 0.5) is 0 Å². The van der Waals surface area contributed by atoms with Gasteiger partial charge in [0.2, 0.25) is 0 Å². The smallest absolute Gasteiger partial charge is 0.126 e. The molecule has 0 atom stereocenters. The van der Waals surface area contributed by atoms with E-state index in [1.54, 1.807) is 22.3 Å². The van der Waals surface area contributed by atoms with Crippen LogP contribution in [0.25, 0.3) is 0 Å². The average Bonchev–Trinajstić information content (AvgIpc) is 2.58. The molecule has 0 saturated heterocycles. The molecule has 1 heteroatoms. The first-order valence-corrected chi connectivity index (χ1v) is 9.19. The quantitative estimate of drug-likeness (QED) is 0.659. The van der Waals surface area contributed by atoms with Crippen LogP contribution in [0.1, 0.15) is 82.6 Å². The van der Waals surface area contributed by atoms with Gasteiger partial charge in [0.15, 0.2) is 0 Å². The molecule has 0 N–H and O–H groups in total. The lowest BCUT2D eigenvalue weighted by Crippen LogP contribution is -2.13. The van der Waals surface area contributed by atoms with Gasteiger partial charge < -0.3 is 4.74 Å². The van der Waals surface area contributed by atoms with Crippen LogP contribution < -0.4 is 4.74 Å². The SMILES string of the molecule is CC.CC.CCOc1c2c(cc3c1CCCC3)CCCC2. The van der Waals surface area contributed by atoms with Crippen LogP contribution in [-0.2, 0) is 25.7 Å². The van der Waals surface area contributed by atoms with Gasteiger partial charge >= 0.3 is 0 Å². The standard InChI is InChI=1S/C16H22O.2C2H6/c1-2-17-16-14-9-5-3-7-12(14)11-13-8-4-6-10-15(13)16;2*1-2/h11H,2-10H2,1H3;2*1-2H3. The first kappa shape index (κ1) is 18.1. The summed E-state index contributed by atoms with van der Waals surface area (Å²) in [5.74, 6) is 1.28. The summed E-state index contributed by atoms with van der Waals surface area (Å²) >= 11 is 0. The van der Waals surface area contributed by atoms with E-state index in [-0.39, 0.29) is 0 Å². The normalized spacial score (nSPS) is 15.5. The van der Waals surface area contributed by atoms with Crippen LogP contribution in [0.15, 0.2) is 6.07 Å². The van der Waals surface area contributed by atoms with E-state index in [0.717, 1.165) is 6.61 Å². The summed E-state index contributed by atoms with van der Waals surface area (Å²) in [7, 11) is 0.